The molecule has 0 aliphatic carbocycles. The third-order valence-corrected chi connectivity index (χ3v) is 2.68. The van der Waals surface area contributed by atoms with Crippen molar-refractivity contribution in [2.24, 2.45) is 5.73 Å². The summed E-state index contributed by atoms with van der Waals surface area (Å²) in [5.74, 6) is -0.437. The maximum Gasteiger partial charge on any atom is 0.141 e. The summed E-state index contributed by atoms with van der Waals surface area (Å²) in [6.07, 6.45) is 1.82. The molecule has 0 spiro atoms. The van der Waals surface area contributed by atoms with Crippen LogP contribution in [0.4, 0.5) is 4.39 Å². The second-order valence-electron chi connectivity index (χ2n) is 3.49. The van der Waals surface area contributed by atoms with Gasteiger partial charge in [0.15, 0.2) is 0 Å². The Morgan fingerprint density at radius 1 is 1.50 bits per heavy atom. The zero-order valence-electron chi connectivity index (χ0n) is 8.74. The highest BCUT2D eigenvalue weighted by molar-refractivity contribution is 6.30. The molecule has 0 saturated heterocycles. The van der Waals surface area contributed by atoms with Crippen LogP contribution in [0.15, 0.2) is 24.4 Å². The molecule has 2 aromatic rings. The van der Waals surface area contributed by atoms with Crippen molar-refractivity contribution in [2.45, 2.75) is 13.5 Å². The van der Waals surface area contributed by atoms with Crippen LogP contribution in [0.5, 0.6) is 0 Å². The van der Waals surface area contributed by atoms with E-state index in [2.05, 4.69) is 5.10 Å². The Kier molecular flexibility index (Phi) is 2.94. The molecule has 5 heteroatoms. The van der Waals surface area contributed by atoms with Crippen LogP contribution < -0.4 is 5.73 Å². The third kappa shape index (κ3) is 1.94. The number of aromatic nitrogens is 2. The molecule has 0 fully saturated rings. The van der Waals surface area contributed by atoms with Crippen molar-refractivity contribution in [1.82, 2.24) is 9.78 Å². The Labute approximate surface area is 97.6 Å². The molecule has 0 amide bonds. The third-order valence-electron chi connectivity index (χ3n) is 2.39. The van der Waals surface area contributed by atoms with E-state index in [0.29, 0.717) is 12.2 Å². The summed E-state index contributed by atoms with van der Waals surface area (Å²) in [6, 6.07) is 4.47. The first-order chi connectivity index (χ1) is 7.61. The summed E-state index contributed by atoms with van der Waals surface area (Å²) in [7, 11) is 0. The first kappa shape index (κ1) is 11.1. The largest absolute Gasteiger partial charge is 0.326 e. The monoisotopic (exact) mass is 239 g/mol. The molecule has 2 rings (SSSR count). The van der Waals surface area contributed by atoms with Crippen molar-refractivity contribution in [2.75, 3.05) is 0 Å². The molecular weight excluding hydrogens is 229 g/mol. The van der Waals surface area contributed by atoms with Crippen LogP contribution in [-0.2, 0) is 6.54 Å². The smallest absolute Gasteiger partial charge is 0.141 e. The summed E-state index contributed by atoms with van der Waals surface area (Å²) in [5.41, 5.74) is 8.10. The number of nitrogens with zero attached hydrogens (tertiary/aromatic N) is 2. The number of nitrogens with two attached hydrogens (primary N) is 1. The summed E-state index contributed by atoms with van der Waals surface area (Å²) in [5, 5.41) is 4.36. The van der Waals surface area contributed by atoms with E-state index in [4.69, 9.17) is 17.3 Å². The molecule has 0 saturated carbocycles. The molecule has 1 heterocycles. The van der Waals surface area contributed by atoms with Gasteiger partial charge >= 0.3 is 0 Å². The summed E-state index contributed by atoms with van der Waals surface area (Å²) in [6.45, 7) is 2.31. The lowest BCUT2D eigenvalue weighted by atomic mass is 10.3. The molecule has 0 bridgehead atoms. The molecule has 0 aliphatic heterocycles. The van der Waals surface area contributed by atoms with Gasteiger partial charge in [-0.05, 0) is 25.1 Å². The van der Waals surface area contributed by atoms with Crippen molar-refractivity contribution >= 4 is 11.6 Å². The van der Waals surface area contributed by atoms with Gasteiger partial charge in [-0.15, -0.1) is 0 Å². The predicted molar refractivity (Wildman–Crippen MR) is 61.2 cm³/mol. The van der Waals surface area contributed by atoms with Gasteiger partial charge in [-0.25, -0.2) is 9.07 Å². The second kappa shape index (κ2) is 4.23. The fourth-order valence-corrected chi connectivity index (χ4v) is 1.63. The Morgan fingerprint density at radius 3 is 2.81 bits per heavy atom. The minimum atomic E-state index is -0.437. The fourth-order valence-electron chi connectivity index (χ4n) is 1.46. The Bertz CT molecular complexity index is 522. The normalized spacial score (nSPS) is 10.8. The molecule has 0 aliphatic rings. The minimum absolute atomic E-state index is 0.0833. The van der Waals surface area contributed by atoms with Crippen LogP contribution in [-0.4, -0.2) is 9.78 Å². The first-order valence-corrected chi connectivity index (χ1v) is 5.20. The van der Waals surface area contributed by atoms with Crippen LogP contribution in [0, 0.1) is 12.7 Å². The first-order valence-electron chi connectivity index (χ1n) is 4.82. The van der Waals surface area contributed by atoms with Gasteiger partial charge in [-0.1, -0.05) is 11.6 Å². The molecule has 2 N–H and O–H groups in total. The van der Waals surface area contributed by atoms with E-state index in [9.17, 15) is 4.39 Å². The molecule has 1 aromatic carbocycles. The van der Waals surface area contributed by atoms with Crippen LogP contribution in [0.3, 0.4) is 0 Å². The van der Waals surface area contributed by atoms with Gasteiger partial charge in [-0.2, -0.15) is 5.10 Å². The van der Waals surface area contributed by atoms with E-state index in [1.165, 1.54) is 12.1 Å². The minimum Gasteiger partial charge on any atom is -0.326 e. The van der Waals surface area contributed by atoms with Gasteiger partial charge < -0.3 is 5.73 Å². The van der Waals surface area contributed by atoms with Crippen LogP contribution in [0.2, 0.25) is 5.02 Å². The Balaban J connectivity index is 2.46. The van der Waals surface area contributed by atoms with Crippen LogP contribution in [0.1, 0.15) is 11.3 Å². The van der Waals surface area contributed by atoms with Gasteiger partial charge in [0, 0.05) is 18.3 Å². The van der Waals surface area contributed by atoms with E-state index in [1.807, 2.05) is 13.1 Å². The Morgan fingerprint density at radius 2 is 2.25 bits per heavy atom. The van der Waals surface area contributed by atoms with E-state index in [1.54, 1.807) is 10.7 Å². The van der Waals surface area contributed by atoms with E-state index < -0.39 is 5.82 Å². The molecule has 84 valence electrons. The lowest BCUT2D eigenvalue weighted by molar-refractivity contribution is 0.627. The SMILES string of the molecule is Cc1nn(-c2ccc(F)c(Cl)c2)cc1CN. The summed E-state index contributed by atoms with van der Waals surface area (Å²) >= 11 is 5.70. The molecule has 16 heavy (non-hydrogen) atoms. The molecule has 0 atom stereocenters. The highest BCUT2D eigenvalue weighted by atomic mass is 35.5. The van der Waals surface area contributed by atoms with Gasteiger partial charge in [0.1, 0.15) is 5.82 Å². The summed E-state index contributed by atoms with van der Waals surface area (Å²) < 4.78 is 14.6. The highest BCUT2D eigenvalue weighted by Crippen LogP contribution is 2.19. The molecule has 3 nitrogen and oxygen atoms in total. The topological polar surface area (TPSA) is 43.8 Å². The molecule has 0 unspecified atom stereocenters. The Hall–Kier alpha value is -1.39. The zero-order valence-corrected chi connectivity index (χ0v) is 9.50. The van der Waals surface area contributed by atoms with Crippen molar-refractivity contribution in [3.05, 3.63) is 46.5 Å². The predicted octanol–water partition coefficient (Wildman–Crippen LogP) is 2.43. The van der Waals surface area contributed by atoms with E-state index >= 15 is 0 Å². The number of benzene rings is 1. The van der Waals surface area contributed by atoms with E-state index in [0.717, 1.165) is 11.3 Å². The average molecular weight is 240 g/mol. The van der Waals surface area contributed by atoms with Crippen molar-refractivity contribution in [1.29, 1.82) is 0 Å². The van der Waals surface area contributed by atoms with Crippen LogP contribution in [0.25, 0.3) is 5.69 Å². The average Bonchev–Trinajstić information content (AvgIpc) is 2.64. The van der Waals surface area contributed by atoms with Gasteiger partial charge in [-0.3, -0.25) is 0 Å². The molecular formula is C11H11ClFN3. The quantitative estimate of drug-likeness (QED) is 0.875. The van der Waals surface area contributed by atoms with Crippen LogP contribution >= 0.6 is 11.6 Å². The number of aryl methyl sites for hydroxylation is 1. The van der Waals surface area contributed by atoms with Gasteiger partial charge in [0.25, 0.3) is 0 Å². The lowest BCUT2D eigenvalue weighted by Crippen LogP contribution is -1.96. The van der Waals surface area contributed by atoms with Crippen molar-refractivity contribution in [3.8, 4) is 5.69 Å². The molecule has 1 aromatic heterocycles. The van der Waals surface area contributed by atoms with Gasteiger partial charge in [0.05, 0.1) is 16.4 Å². The zero-order chi connectivity index (χ0) is 11.7. The fraction of sp³-hybridized carbons (Fsp3) is 0.182. The highest BCUT2D eigenvalue weighted by Gasteiger charge is 2.06. The standard InChI is InChI=1S/C11H11ClFN3/c1-7-8(5-14)6-16(15-7)9-2-3-11(13)10(12)4-9/h2-4,6H,5,14H2,1H3. The number of hydrogen-bond donors (Lipinski definition) is 1. The lowest BCUT2D eigenvalue weighted by Gasteiger charge is -2.01. The van der Waals surface area contributed by atoms with Crippen molar-refractivity contribution < 1.29 is 4.39 Å². The number of halogens is 2. The maximum atomic E-state index is 13.0. The van der Waals surface area contributed by atoms with E-state index in [-0.39, 0.29) is 5.02 Å². The number of rotatable bonds is 2. The molecule has 0 radical (unpaired) electrons. The summed E-state index contributed by atoms with van der Waals surface area (Å²) in [4.78, 5) is 0. The maximum absolute atomic E-state index is 13.0. The van der Waals surface area contributed by atoms with Gasteiger partial charge in [0.2, 0.25) is 0 Å². The van der Waals surface area contributed by atoms with Crippen molar-refractivity contribution in [3.63, 3.8) is 0 Å². The number of hydrogen-bond acceptors (Lipinski definition) is 2. The second-order valence-corrected chi connectivity index (χ2v) is 3.89.